The number of amides is 1. The van der Waals surface area contributed by atoms with Gasteiger partial charge >= 0.3 is 0 Å². The summed E-state index contributed by atoms with van der Waals surface area (Å²) in [5, 5.41) is 10.6. The first-order valence-corrected chi connectivity index (χ1v) is 8.25. The van der Waals surface area contributed by atoms with Crippen molar-refractivity contribution in [3.8, 4) is 10.4 Å². The number of thiophene rings is 1. The molecule has 1 fully saturated rings. The zero-order chi connectivity index (χ0) is 15.1. The Hall–Kier alpha value is -2.21. The van der Waals surface area contributed by atoms with Crippen LogP contribution in [-0.2, 0) is 11.3 Å². The van der Waals surface area contributed by atoms with Crippen molar-refractivity contribution in [2.75, 3.05) is 0 Å². The smallest absolute Gasteiger partial charge is 0.242 e. The maximum Gasteiger partial charge on any atom is 0.242 e. The highest BCUT2D eigenvalue weighted by molar-refractivity contribution is 7.13. The van der Waals surface area contributed by atoms with E-state index in [-0.39, 0.29) is 12.5 Å². The number of rotatable bonds is 4. The molecule has 3 heterocycles. The standard InChI is InChI=1S/C16H16N4OS/c1-10-15-12(13-3-2-8-22-13)6-7-17-16(15)20(19-10)9-14(21)18-11-4-5-11/h2-3,6-8,11H,4-5,9H2,1H3,(H,18,21). The Balaban J connectivity index is 1.74. The van der Waals surface area contributed by atoms with Crippen molar-refractivity contribution in [1.82, 2.24) is 20.1 Å². The minimum Gasteiger partial charge on any atom is -0.352 e. The predicted molar refractivity (Wildman–Crippen MR) is 86.7 cm³/mol. The molecule has 3 aromatic rings. The van der Waals surface area contributed by atoms with Gasteiger partial charge in [-0.25, -0.2) is 9.67 Å². The highest BCUT2D eigenvalue weighted by Gasteiger charge is 2.24. The van der Waals surface area contributed by atoms with E-state index in [1.165, 1.54) is 4.88 Å². The Morgan fingerprint density at radius 1 is 1.45 bits per heavy atom. The van der Waals surface area contributed by atoms with E-state index in [1.807, 2.05) is 19.1 Å². The molecular formula is C16H16N4OS. The van der Waals surface area contributed by atoms with E-state index in [0.717, 1.165) is 35.1 Å². The molecule has 1 amide bonds. The summed E-state index contributed by atoms with van der Waals surface area (Å²) in [6.07, 6.45) is 3.96. The van der Waals surface area contributed by atoms with Crippen LogP contribution in [0.5, 0.6) is 0 Å². The summed E-state index contributed by atoms with van der Waals surface area (Å²) in [7, 11) is 0. The first-order chi connectivity index (χ1) is 10.7. The molecule has 1 aliphatic rings. The highest BCUT2D eigenvalue weighted by atomic mass is 32.1. The van der Waals surface area contributed by atoms with Crippen molar-refractivity contribution in [3.05, 3.63) is 35.5 Å². The number of aryl methyl sites for hydroxylation is 1. The fourth-order valence-corrected chi connectivity index (χ4v) is 3.42. The molecule has 1 N–H and O–H groups in total. The molecule has 0 spiro atoms. The number of aromatic nitrogens is 3. The number of nitrogens with one attached hydrogen (secondary N) is 1. The molecule has 0 saturated heterocycles. The van der Waals surface area contributed by atoms with Gasteiger partial charge in [0.2, 0.25) is 5.91 Å². The molecule has 0 aliphatic heterocycles. The van der Waals surface area contributed by atoms with Gasteiger partial charge in [0.05, 0.1) is 11.1 Å². The van der Waals surface area contributed by atoms with E-state index in [4.69, 9.17) is 0 Å². The van der Waals surface area contributed by atoms with Gasteiger partial charge in [0.25, 0.3) is 0 Å². The second kappa shape index (κ2) is 5.21. The normalized spacial score (nSPS) is 14.4. The van der Waals surface area contributed by atoms with E-state index >= 15 is 0 Å². The first-order valence-electron chi connectivity index (χ1n) is 7.38. The Labute approximate surface area is 132 Å². The van der Waals surface area contributed by atoms with Crippen LogP contribution in [0.15, 0.2) is 29.8 Å². The van der Waals surface area contributed by atoms with Gasteiger partial charge in [-0.2, -0.15) is 5.10 Å². The van der Waals surface area contributed by atoms with Gasteiger partial charge in [-0.1, -0.05) is 6.07 Å². The average molecular weight is 312 g/mol. The number of fused-ring (bicyclic) bond motifs is 1. The lowest BCUT2D eigenvalue weighted by Crippen LogP contribution is -2.29. The first kappa shape index (κ1) is 13.5. The maximum atomic E-state index is 12.0. The summed E-state index contributed by atoms with van der Waals surface area (Å²) in [5.74, 6) is 0.00947. The van der Waals surface area contributed by atoms with Gasteiger partial charge in [-0.15, -0.1) is 11.3 Å². The van der Waals surface area contributed by atoms with Gasteiger partial charge in [0, 0.05) is 22.7 Å². The van der Waals surface area contributed by atoms with Crippen LogP contribution in [0.3, 0.4) is 0 Å². The molecule has 1 saturated carbocycles. The van der Waals surface area contributed by atoms with E-state index in [1.54, 1.807) is 22.2 Å². The third kappa shape index (κ3) is 2.39. The van der Waals surface area contributed by atoms with Gasteiger partial charge in [0.1, 0.15) is 6.54 Å². The van der Waals surface area contributed by atoms with Gasteiger partial charge < -0.3 is 5.32 Å². The predicted octanol–water partition coefficient (Wildman–Crippen LogP) is 2.75. The van der Waals surface area contributed by atoms with Crippen LogP contribution in [0.25, 0.3) is 21.5 Å². The van der Waals surface area contributed by atoms with Crippen molar-refractivity contribution < 1.29 is 4.79 Å². The van der Waals surface area contributed by atoms with Crippen molar-refractivity contribution in [3.63, 3.8) is 0 Å². The topological polar surface area (TPSA) is 59.8 Å². The molecule has 0 aromatic carbocycles. The van der Waals surface area contributed by atoms with E-state index in [9.17, 15) is 4.79 Å². The lowest BCUT2D eigenvalue weighted by molar-refractivity contribution is -0.121. The fraction of sp³-hybridized carbons (Fsp3) is 0.312. The molecular weight excluding hydrogens is 296 g/mol. The van der Waals surface area contributed by atoms with Crippen molar-refractivity contribution in [2.24, 2.45) is 0 Å². The molecule has 22 heavy (non-hydrogen) atoms. The van der Waals surface area contributed by atoms with Crippen LogP contribution < -0.4 is 5.32 Å². The molecule has 0 bridgehead atoms. The number of hydrogen-bond acceptors (Lipinski definition) is 4. The Bertz CT molecular complexity index is 833. The third-order valence-corrected chi connectivity index (χ3v) is 4.73. The molecule has 6 heteroatoms. The molecule has 0 radical (unpaired) electrons. The van der Waals surface area contributed by atoms with Crippen LogP contribution >= 0.6 is 11.3 Å². The Kier molecular flexibility index (Phi) is 3.18. The maximum absolute atomic E-state index is 12.0. The Morgan fingerprint density at radius 3 is 3.05 bits per heavy atom. The van der Waals surface area contributed by atoms with Crippen LogP contribution in [0, 0.1) is 6.92 Å². The van der Waals surface area contributed by atoms with Crippen LogP contribution in [0.2, 0.25) is 0 Å². The molecule has 0 atom stereocenters. The van der Waals surface area contributed by atoms with Gasteiger partial charge in [-0.3, -0.25) is 4.79 Å². The Morgan fingerprint density at radius 2 is 2.32 bits per heavy atom. The van der Waals surface area contributed by atoms with Crippen LogP contribution in [0.4, 0.5) is 0 Å². The number of hydrogen-bond donors (Lipinski definition) is 1. The van der Waals surface area contributed by atoms with Gasteiger partial charge in [-0.05, 0) is 37.3 Å². The molecule has 1 aliphatic carbocycles. The van der Waals surface area contributed by atoms with E-state index in [2.05, 4.69) is 26.8 Å². The number of carbonyl (C=O) groups is 1. The summed E-state index contributed by atoms with van der Waals surface area (Å²) >= 11 is 1.70. The average Bonchev–Trinajstić information content (AvgIpc) is 3.04. The van der Waals surface area contributed by atoms with Crippen molar-refractivity contribution in [1.29, 1.82) is 0 Å². The lowest BCUT2D eigenvalue weighted by Gasteiger charge is -2.05. The second-order valence-electron chi connectivity index (χ2n) is 5.62. The zero-order valence-electron chi connectivity index (χ0n) is 12.2. The summed E-state index contributed by atoms with van der Waals surface area (Å²) in [6, 6.07) is 6.51. The summed E-state index contributed by atoms with van der Waals surface area (Å²) in [5.41, 5.74) is 2.81. The number of carbonyl (C=O) groups excluding carboxylic acids is 1. The summed E-state index contributed by atoms with van der Waals surface area (Å²) in [4.78, 5) is 17.7. The SMILES string of the molecule is Cc1nn(CC(=O)NC2CC2)c2nccc(-c3cccs3)c12. The third-order valence-electron chi connectivity index (χ3n) is 3.83. The van der Waals surface area contributed by atoms with E-state index < -0.39 is 0 Å². The molecule has 0 unspecified atom stereocenters. The van der Waals surface area contributed by atoms with E-state index in [0.29, 0.717) is 6.04 Å². The largest absolute Gasteiger partial charge is 0.352 e. The lowest BCUT2D eigenvalue weighted by atomic mass is 10.1. The zero-order valence-corrected chi connectivity index (χ0v) is 13.1. The second-order valence-corrected chi connectivity index (χ2v) is 6.57. The quantitative estimate of drug-likeness (QED) is 0.806. The number of nitrogens with zero attached hydrogens (tertiary/aromatic N) is 3. The van der Waals surface area contributed by atoms with Gasteiger partial charge in [0.15, 0.2) is 5.65 Å². The molecule has 112 valence electrons. The fourth-order valence-electron chi connectivity index (χ4n) is 2.67. The molecule has 5 nitrogen and oxygen atoms in total. The molecule has 4 rings (SSSR count). The highest BCUT2D eigenvalue weighted by Crippen LogP contribution is 2.32. The van der Waals surface area contributed by atoms with Crippen molar-refractivity contribution >= 4 is 28.3 Å². The van der Waals surface area contributed by atoms with Crippen LogP contribution in [-0.4, -0.2) is 26.7 Å². The monoisotopic (exact) mass is 312 g/mol. The summed E-state index contributed by atoms with van der Waals surface area (Å²) < 4.78 is 1.71. The minimum atomic E-state index is 0.00947. The minimum absolute atomic E-state index is 0.00947. The van der Waals surface area contributed by atoms with Crippen molar-refractivity contribution in [2.45, 2.75) is 32.4 Å². The van der Waals surface area contributed by atoms with Crippen LogP contribution in [0.1, 0.15) is 18.5 Å². The molecule has 3 aromatic heterocycles. The summed E-state index contributed by atoms with van der Waals surface area (Å²) in [6.45, 7) is 2.19. The number of pyridine rings is 1.